The number of carbonyl (C=O) groups excluding carboxylic acids is 1. The number of carbonyl (C=O) groups is 1. The third kappa shape index (κ3) is 5.60. The number of nitrogen functional groups attached to an aromatic ring is 1. The van der Waals surface area contributed by atoms with Crippen LogP contribution < -0.4 is 15.4 Å². The highest BCUT2D eigenvalue weighted by Gasteiger charge is 2.50. The Bertz CT molecular complexity index is 2130. The lowest BCUT2D eigenvalue weighted by atomic mass is 9.92. The van der Waals surface area contributed by atoms with E-state index in [1.807, 2.05) is 15.9 Å². The third-order valence-electron chi connectivity index (χ3n) is 10.8. The van der Waals surface area contributed by atoms with Crippen LogP contribution in [0.15, 0.2) is 18.2 Å². The number of likely N-dealkylation sites (tertiary alicyclic amines) is 1. The van der Waals surface area contributed by atoms with E-state index in [0.29, 0.717) is 56.7 Å². The zero-order chi connectivity index (χ0) is 36.0. The standard InChI is InChI=1S/C35H33F6N7O2S/c1-17(49)46-10-7-20(15-46)48(19-3-4-19)32-22-11-24(35(39,40)41)27(21-5-6-25(37)30-26(21)23(13-42)31(43)51-30)28(38)29(22)44-33(45-32)50-16-34-8-2-9-47(34)14-18(36)12-34/h5-6,11,18-20H,2-4,7-10,12,14-16,43H2,1H3. The molecule has 2 aromatic carbocycles. The Morgan fingerprint density at radius 2 is 1.96 bits per heavy atom. The fraction of sp³-hybridized carbons (Fsp3) is 0.486. The number of anilines is 2. The summed E-state index contributed by atoms with van der Waals surface area (Å²) in [5.74, 6) is -2.27. The van der Waals surface area contributed by atoms with Crippen molar-refractivity contribution in [2.45, 2.75) is 75.4 Å². The third-order valence-corrected chi connectivity index (χ3v) is 11.8. The predicted molar refractivity (Wildman–Crippen MR) is 179 cm³/mol. The molecule has 268 valence electrons. The molecule has 0 bridgehead atoms. The Hall–Kier alpha value is -4.36. The smallest absolute Gasteiger partial charge is 0.417 e. The van der Waals surface area contributed by atoms with Crippen LogP contribution in [0.25, 0.3) is 32.1 Å². The number of thiophene rings is 1. The summed E-state index contributed by atoms with van der Waals surface area (Å²) >= 11 is 0.688. The number of hydrogen-bond acceptors (Lipinski definition) is 9. The van der Waals surface area contributed by atoms with Gasteiger partial charge in [-0.15, -0.1) is 11.3 Å². The van der Waals surface area contributed by atoms with E-state index in [4.69, 9.17) is 10.5 Å². The van der Waals surface area contributed by atoms with Crippen molar-refractivity contribution < 1.29 is 35.9 Å². The number of alkyl halides is 4. The van der Waals surface area contributed by atoms with E-state index >= 15 is 17.6 Å². The van der Waals surface area contributed by atoms with Crippen LogP contribution in [0.1, 0.15) is 56.6 Å². The van der Waals surface area contributed by atoms with Crippen molar-refractivity contribution >= 4 is 49.1 Å². The number of hydrogen-bond donors (Lipinski definition) is 1. The number of rotatable bonds is 7. The lowest BCUT2D eigenvalue weighted by Crippen LogP contribution is -2.43. The minimum Gasteiger partial charge on any atom is -0.461 e. The monoisotopic (exact) mass is 729 g/mol. The van der Waals surface area contributed by atoms with Gasteiger partial charge < -0.3 is 20.3 Å². The van der Waals surface area contributed by atoms with Gasteiger partial charge in [-0.05, 0) is 56.3 Å². The molecule has 4 fully saturated rings. The number of amides is 1. The molecule has 16 heteroatoms. The highest BCUT2D eigenvalue weighted by molar-refractivity contribution is 7.23. The molecule has 5 heterocycles. The molecule has 3 unspecified atom stereocenters. The lowest BCUT2D eigenvalue weighted by Gasteiger charge is -2.33. The van der Waals surface area contributed by atoms with Crippen LogP contribution in [0.5, 0.6) is 6.01 Å². The number of aromatic nitrogens is 2. The van der Waals surface area contributed by atoms with E-state index in [0.717, 1.165) is 24.6 Å². The van der Waals surface area contributed by atoms with Crippen LogP contribution in [0, 0.1) is 23.0 Å². The first-order valence-electron chi connectivity index (χ1n) is 16.9. The molecule has 1 amide bonds. The summed E-state index contributed by atoms with van der Waals surface area (Å²) in [5, 5.41) is 9.30. The molecule has 3 aliphatic heterocycles. The van der Waals surface area contributed by atoms with E-state index in [9.17, 15) is 18.8 Å². The van der Waals surface area contributed by atoms with Crippen molar-refractivity contribution in [2.75, 3.05) is 43.4 Å². The highest BCUT2D eigenvalue weighted by atomic mass is 32.1. The largest absolute Gasteiger partial charge is 0.461 e. The number of nitrogens with zero attached hydrogens (tertiary/aromatic N) is 6. The summed E-state index contributed by atoms with van der Waals surface area (Å²) in [4.78, 5) is 26.9. The summed E-state index contributed by atoms with van der Waals surface area (Å²) in [6.07, 6.45) is -2.46. The molecule has 8 rings (SSSR count). The zero-order valence-electron chi connectivity index (χ0n) is 27.5. The SMILES string of the molecule is CC(=O)N1CCC(N(c2nc(OCC34CCCN3CC(F)C4)nc3c(F)c(-c4ccc(F)c5sc(N)c(C#N)c45)c(C(F)(F)F)cc23)C2CC2)C1. The van der Waals surface area contributed by atoms with Crippen LogP contribution in [-0.2, 0) is 11.0 Å². The first-order valence-corrected chi connectivity index (χ1v) is 17.7. The van der Waals surface area contributed by atoms with E-state index in [1.54, 1.807) is 4.90 Å². The molecule has 0 spiro atoms. The maximum absolute atomic E-state index is 17.2. The van der Waals surface area contributed by atoms with Gasteiger partial charge in [-0.25, -0.2) is 13.2 Å². The minimum absolute atomic E-state index is 0.00323. The number of halogens is 6. The van der Waals surface area contributed by atoms with Gasteiger partial charge in [0.1, 0.15) is 41.0 Å². The second-order valence-electron chi connectivity index (χ2n) is 14.0. The minimum atomic E-state index is -5.11. The Morgan fingerprint density at radius 3 is 2.65 bits per heavy atom. The summed E-state index contributed by atoms with van der Waals surface area (Å²) in [5.41, 5.74) is 2.01. The van der Waals surface area contributed by atoms with E-state index in [2.05, 4.69) is 9.97 Å². The second kappa shape index (κ2) is 12.1. The molecule has 0 radical (unpaired) electrons. The quantitative estimate of drug-likeness (QED) is 0.207. The molecule has 9 nitrogen and oxygen atoms in total. The molecule has 1 aliphatic carbocycles. The second-order valence-corrected chi connectivity index (χ2v) is 15.1. The topological polar surface area (TPSA) is 112 Å². The van der Waals surface area contributed by atoms with Crippen molar-refractivity contribution in [3.8, 4) is 23.2 Å². The molecule has 51 heavy (non-hydrogen) atoms. The van der Waals surface area contributed by atoms with Crippen LogP contribution >= 0.6 is 11.3 Å². The van der Waals surface area contributed by atoms with Gasteiger partial charge in [0.2, 0.25) is 5.91 Å². The van der Waals surface area contributed by atoms with Crippen molar-refractivity contribution in [3.05, 3.63) is 41.0 Å². The summed E-state index contributed by atoms with van der Waals surface area (Å²) in [7, 11) is 0. The highest BCUT2D eigenvalue weighted by Crippen LogP contribution is 2.49. The first-order chi connectivity index (χ1) is 24.3. The fourth-order valence-electron chi connectivity index (χ4n) is 8.35. The van der Waals surface area contributed by atoms with Crippen LogP contribution in [0.3, 0.4) is 0 Å². The molecule has 2 N–H and O–H groups in total. The molecule has 4 aromatic rings. The molecular weight excluding hydrogens is 696 g/mol. The molecule has 4 aliphatic rings. The number of fused-ring (bicyclic) bond motifs is 3. The normalized spacial score (nSPS) is 23.7. The predicted octanol–water partition coefficient (Wildman–Crippen LogP) is 6.81. The average Bonchev–Trinajstić information content (AvgIpc) is 3.35. The van der Waals surface area contributed by atoms with E-state index in [-0.39, 0.29) is 81.0 Å². The van der Waals surface area contributed by atoms with Gasteiger partial charge in [0.15, 0.2) is 5.82 Å². The van der Waals surface area contributed by atoms with Crippen molar-refractivity contribution in [2.24, 2.45) is 0 Å². The Morgan fingerprint density at radius 1 is 1.18 bits per heavy atom. The first kappa shape index (κ1) is 33.8. The maximum atomic E-state index is 17.2. The molecule has 1 saturated carbocycles. The van der Waals surface area contributed by atoms with Crippen molar-refractivity contribution in [1.82, 2.24) is 19.8 Å². The van der Waals surface area contributed by atoms with Gasteiger partial charge in [0.25, 0.3) is 0 Å². The van der Waals surface area contributed by atoms with Crippen molar-refractivity contribution in [1.29, 1.82) is 5.26 Å². The van der Waals surface area contributed by atoms with Gasteiger partial charge in [-0.1, -0.05) is 6.07 Å². The Balaban J connectivity index is 1.36. The molecular formula is C35H33F6N7O2S. The lowest BCUT2D eigenvalue weighted by molar-refractivity contribution is -0.137. The van der Waals surface area contributed by atoms with Crippen molar-refractivity contribution in [3.63, 3.8) is 0 Å². The summed E-state index contributed by atoms with van der Waals surface area (Å²) in [6, 6.07) is 3.84. The number of benzene rings is 2. The Kier molecular flexibility index (Phi) is 8.02. The van der Waals surface area contributed by atoms with E-state index < -0.39 is 46.2 Å². The molecule has 3 atom stereocenters. The van der Waals surface area contributed by atoms with Gasteiger partial charge in [-0.3, -0.25) is 9.69 Å². The number of nitrogens with two attached hydrogens (primary N) is 1. The van der Waals surface area contributed by atoms with Crippen LogP contribution in [0.2, 0.25) is 0 Å². The van der Waals surface area contributed by atoms with Crippen LogP contribution in [0.4, 0.5) is 37.2 Å². The molecule has 2 aromatic heterocycles. The Labute approximate surface area is 292 Å². The van der Waals surface area contributed by atoms with Gasteiger partial charge in [-0.2, -0.15) is 28.4 Å². The summed E-state index contributed by atoms with van der Waals surface area (Å²) in [6.45, 7) is 3.15. The van der Waals surface area contributed by atoms with Gasteiger partial charge in [0.05, 0.1) is 27.4 Å². The zero-order valence-corrected chi connectivity index (χ0v) is 28.3. The maximum Gasteiger partial charge on any atom is 0.417 e. The summed E-state index contributed by atoms with van der Waals surface area (Å²) < 4.78 is 98.1. The number of ether oxygens (including phenoxy) is 1. The molecule has 3 saturated heterocycles. The fourth-order valence-corrected chi connectivity index (χ4v) is 9.30. The van der Waals surface area contributed by atoms with Gasteiger partial charge >= 0.3 is 12.2 Å². The number of nitriles is 1. The average molecular weight is 730 g/mol. The van der Waals surface area contributed by atoms with Crippen LogP contribution in [-0.4, -0.2) is 82.3 Å². The van der Waals surface area contributed by atoms with E-state index in [1.165, 1.54) is 6.92 Å². The van der Waals surface area contributed by atoms with Gasteiger partial charge in [0, 0.05) is 55.4 Å².